The molecule has 1 aromatic heterocycles. The molecule has 1 rings (SSSR count). The van der Waals surface area contributed by atoms with Gasteiger partial charge in [-0.1, -0.05) is 0 Å². The minimum Gasteiger partial charge on any atom is -0.469 e. The fraction of sp³-hybridized carbons (Fsp3) is 0.417. The molecule has 5 nitrogen and oxygen atoms in total. The molecule has 0 N–H and O–H groups in total. The molecule has 98 valence electrons. The van der Waals surface area contributed by atoms with Crippen molar-refractivity contribution >= 4 is 23.7 Å². The number of esters is 2. The molecule has 0 bridgehead atoms. The van der Waals surface area contributed by atoms with E-state index in [1.165, 1.54) is 20.4 Å². The van der Waals surface area contributed by atoms with Gasteiger partial charge in [0.2, 0.25) is 0 Å². The molecule has 0 fully saturated rings. The fourth-order valence-electron chi connectivity index (χ4n) is 1.18. The lowest BCUT2D eigenvalue weighted by Crippen LogP contribution is -2.03. The molecule has 0 saturated heterocycles. The van der Waals surface area contributed by atoms with Gasteiger partial charge in [-0.2, -0.15) is 11.8 Å². The minimum atomic E-state index is -0.396. The van der Waals surface area contributed by atoms with Crippen molar-refractivity contribution in [2.45, 2.75) is 12.2 Å². The highest BCUT2D eigenvalue weighted by molar-refractivity contribution is 7.98. The average molecular weight is 269 g/mol. The number of hydrogen-bond donors (Lipinski definition) is 0. The maximum atomic E-state index is 11.2. The summed E-state index contributed by atoms with van der Waals surface area (Å²) in [6.45, 7) is 0. The first-order valence-corrected chi connectivity index (χ1v) is 6.50. The van der Waals surface area contributed by atoms with Crippen LogP contribution in [0.4, 0.5) is 0 Å². The second kappa shape index (κ2) is 7.71. The van der Waals surface area contributed by atoms with Gasteiger partial charge in [0.25, 0.3) is 0 Å². The standard InChI is InChI=1S/C12H15NO4S/c1-16-11(14)5-6-18-8-10-4-3-9(7-13-10)12(15)17-2/h3-4,7H,5-6,8H2,1-2H3. The lowest BCUT2D eigenvalue weighted by molar-refractivity contribution is -0.140. The molecular weight excluding hydrogens is 254 g/mol. The van der Waals surface area contributed by atoms with Crippen LogP contribution in [0.1, 0.15) is 22.5 Å². The minimum absolute atomic E-state index is 0.212. The lowest BCUT2D eigenvalue weighted by Gasteiger charge is -2.02. The van der Waals surface area contributed by atoms with E-state index in [9.17, 15) is 9.59 Å². The molecule has 0 unspecified atom stereocenters. The Morgan fingerprint density at radius 3 is 2.61 bits per heavy atom. The first kappa shape index (κ1) is 14.5. The van der Waals surface area contributed by atoms with Crippen LogP contribution in [0.5, 0.6) is 0 Å². The molecule has 0 saturated carbocycles. The highest BCUT2D eigenvalue weighted by Crippen LogP contribution is 2.12. The summed E-state index contributed by atoms with van der Waals surface area (Å²) in [6.07, 6.45) is 1.88. The zero-order valence-corrected chi connectivity index (χ0v) is 11.2. The second-order valence-corrected chi connectivity index (χ2v) is 4.51. The number of ether oxygens (including phenoxy) is 2. The zero-order valence-electron chi connectivity index (χ0n) is 10.3. The molecule has 0 atom stereocenters. The van der Waals surface area contributed by atoms with Crippen LogP contribution in [0.2, 0.25) is 0 Å². The van der Waals surface area contributed by atoms with Gasteiger partial charge in [-0.15, -0.1) is 0 Å². The number of aromatic nitrogens is 1. The number of nitrogens with zero attached hydrogens (tertiary/aromatic N) is 1. The fourth-order valence-corrected chi connectivity index (χ4v) is 2.02. The summed E-state index contributed by atoms with van der Waals surface area (Å²) in [6, 6.07) is 3.45. The number of pyridine rings is 1. The number of hydrogen-bond acceptors (Lipinski definition) is 6. The van der Waals surface area contributed by atoms with Crippen LogP contribution < -0.4 is 0 Å². The Balaban J connectivity index is 2.35. The monoisotopic (exact) mass is 269 g/mol. The van der Waals surface area contributed by atoms with Crippen molar-refractivity contribution < 1.29 is 19.1 Å². The van der Waals surface area contributed by atoms with E-state index in [0.717, 1.165) is 5.69 Å². The summed E-state index contributed by atoms with van der Waals surface area (Å²) in [5.41, 5.74) is 1.29. The molecule has 0 aliphatic heterocycles. The van der Waals surface area contributed by atoms with Crippen LogP contribution >= 0.6 is 11.8 Å². The van der Waals surface area contributed by atoms with E-state index in [-0.39, 0.29) is 5.97 Å². The highest BCUT2D eigenvalue weighted by Gasteiger charge is 2.05. The molecule has 0 amide bonds. The quantitative estimate of drug-likeness (QED) is 0.578. The van der Waals surface area contributed by atoms with E-state index in [0.29, 0.717) is 23.5 Å². The molecule has 0 radical (unpaired) electrons. The maximum Gasteiger partial charge on any atom is 0.339 e. The van der Waals surface area contributed by atoms with Crippen molar-refractivity contribution in [1.29, 1.82) is 0 Å². The van der Waals surface area contributed by atoms with Gasteiger partial charge in [0.1, 0.15) is 0 Å². The van der Waals surface area contributed by atoms with Crippen LogP contribution in [0.25, 0.3) is 0 Å². The third-order valence-electron chi connectivity index (χ3n) is 2.17. The molecule has 1 heterocycles. The summed E-state index contributed by atoms with van der Waals surface area (Å²) in [4.78, 5) is 26.2. The molecule has 6 heteroatoms. The Morgan fingerprint density at radius 1 is 1.28 bits per heavy atom. The summed E-state index contributed by atoms with van der Waals surface area (Å²) in [7, 11) is 2.71. The highest BCUT2D eigenvalue weighted by atomic mass is 32.2. The lowest BCUT2D eigenvalue weighted by atomic mass is 10.2. The van der Waals surface area contributed by atoms with Crippen molar-refractivity contribution in [3.05, 3.63) is 29.6 Å². The Labute approximate surface area is 110 Å². The van der Waals surface area contributed by atoms with E-state index in [1.807, 2.05) is 0 Å². The third-order valence-corrected chi connectivity index (χ3v) is 3.17. The van der Waals surface area contributed by atoms with Gasteiger partial charge < -0.3 is 9.47 Å². The summed E-state index contributed by atoms with van der Waals surface area (Å²) < 4.78 is 9.12. The normalized spacial score (nSPS) is 9.89. The van der Waals surface area contributed by atoms with Crippen LogP contribution in [0.3, 0.4) is 0 Å². The summed E-state index contributed by atoms with van der Waals surface area (Å²) in [5, 5.41) is 0. The number of thioether (sulfide) groups is 1. The van der Waals surface area contributed by atoms with E-state index >= 15 is 0 Å². The largest absolute Gasteiger partial charge is 0.469 e. The number of rotatable bonds is 6. The molecule has 0 aliphatic rings. The molecule has 18 heavy (non-hydrogen) atoms. The van der Waals surface area contributed by atoms with Gasteiger partial charge in [0, 0.05) is 17.7 Å². The molecule has 0 aliphatic carbocycles. The van der Waals surface area contributed by atoms with Crippen molar-refractivity contribution in [3.8, 4) is 0 Å². The molecule has 0 spiro atoms. The van der Waals surface area contributed by atoms with Crippen LogP contribution in [-0.2, 0) is 20.0 Å². The predicted octanol–water partition coefficient (Wildman–Crippen LogP) is 1.66. The SMILES string of the molecule is COC(=O)CCSCc1ccc(C(=O)OC)cn1. The van der Waals surface area contributed by atoms with Crippen LogP contribution in [0, 0.1) is 0 Å². The Morgan fingerprint density at radius 2 is 2.06 bits per heavy atom. The second-order valence-electron chi connectivity index (χ2n) is 3.41. The smallest absolute Gasteiger partial charge is 0.339 e. The topological polar surface area (TPSA) is 65.5 Å². The Kier molecular flexibility index (Phi) is 6.21. The van der Waals surface area contributed by atoms with Crippen LogP contribution in [0.15, 0.2) is 18.3 Å². The average Bonchev–Trinajstić information content (AvgIpc) is 2.43. The van der Waals surface area contributed by atoms with E-state index in [1.54, 1.807) is 23.9 Å². The van der Waals surface area contributed by atoms with E-state index < -0.39 is 5.97 Å². The number of carbonyl (C=O) groups excluding carboxylic acids is 2. The number of carbonyl (C=O) groups is 2. The first-order valence-electron chi connectivity index (χ1n) is 5.35. The van der Waals surface area contributed by atoms with Crippen molar-refractivity contribution in [2.75, 3.05) is 20.0 Å². The van der Waals surface area contributed by atoms with Gasteiger partial charge in [-0.3, -0.25) is 9.78 Å². The number of methoxy groups -OCH3 is 2. The summed E-state index contributed by atoms with van der Waals surface area (Å²) in [5.74, 6) is 0.773. The predicted molar refractivity (Wildman–Crippen MR) is 68.4 cm³/mol. The van der Waals surface area contributed by atoms with E-state index in [2.05, 4.69) is 14.5 Å². The van der Waals surface area contributed by atoms with Gasteiger partial charge in [-0.25, -0.2) is 4.79 Å². The van der Waals surface area contributed by atoms with Crippen LogP contribution in [-0.4, -0.2) is 36.9 Å². The van der Waals surface area contributed by atoms with E-state index in [4.69, 9.17) is 0 Å². The molecule has 0 aromatic carbocycles. The first-order chi connectivity index (χ1) is 8.67. The summed E-state index contributed by atoms with van der Waals surface area (Å²) >= 11 is 1.59. The third kappa shape index (κ3) is 4.75. The maximum absolute atomic E-state index is 11.2. The Hall–Kier alpha value is -1.56. The van der Waals surface area contributed by atoms with Crippen molar-refractivity contribution in [3.63, 3.8) is 0 Å². The van der Waals surface area contributed by atoms with Gasteiger partial charge in [-0.05, 0) is 12.1 Å². The van der Waals surface area contributed by atoms with Gasteiger partial charge in [0.15, 0.2) is 0 Å². The van der Waals surface area contributed by atoms with Gasteiger partial charge >= 0.3 is 11.9 Å². The van der Waals surface area contributed by atoms with Gasteiger partial charge in [0.05, 0.1) is 31.9 Å². The van der Waals surface area contributed by atoms with Crippen molar-refractivity contribution in [1.82, 2.24) is 4.98 Å². The zero-order chi connectivity index (χ0) is 13.4. The molecular formula is C12H15NO4S. The van der Waals surface area contributed by atoms with Crippen molar-refractivity contribution in [2.24, 2.45) is 0 Å². The molecule has 1 aromatic rings. The Bertz CT molecular complexity index is 405.